The zero-order valence-electron chi connectivity index (χ0n) is 18.5. The summed E-state index contributed by atoms with van der Waals surface area (Å²) in [6.07, 6.45) is -1.32. The van der Waals surface area contributed by atoms with E-state index < -0.39 is 35.8 Å². The van der Waals surface area contributed by atoms with E-state index in [4.69, 9.17) is 43.1 Å². The Morgan fingerprint density at radius 3 is 2.31 bits per heavy atom. The van der Waals surface area contributed by atoms with Gasteiger partial charge in [0.25, 0.3) is 0 Å². The molecule has 0 bridgehead atoms. The molecule has 2 aromatic heterocycles. The maximum Gasteiger partial charge on any atom is 0.338 e. The molecule has 3 heterocycles. The summed E-state index contributed by atoms with van der Waals surface area (Å²) in [6, 6.07) is 16.9. The summed E-state index contributed by atoms with van der Waals surface area (Å²) in [5, 5.41) is -0.975. The van der Waals surface area contributed by atoms with Crippen LogP contribution in [-0.2, 0) is 14.2 Å². The number of anilines is 1. The number of carbonyl (C=O) groups excluding carboxylic acids is 2. The van der Waals surface area contributed by atoms with Gasteiger partial charge in [0.1, 0.15) is 23.6 Å². The number of nitrogens with zero attached hydrogens (tertiary/aromatic N) is 4. The van der Waals surface area contributed by atoms with Gasteiger partial charge in [-0.1, -0.05) is 36.4 Å². The van der Waals surface area contributed by atoms with Crippen molar-refractivity contribution in [3.8, 4) is 0 Å². The molecule has 1 fully saturated rings. The van der Waals surface area contributed by atoms with Crippen LogP contribution in [0.3, 0.4) is 0 Å². The summed E-state index contributed by atoms with van der Waals surface area (Å²) >= 11 is 12.8. The van der Waals surface area contributed by atoms with E-state index in [2.05, 4.69) is 15.0 Å². The summed E-state index contributed by atoms with van der Waals surface area (Å²) in [5.74, 6) is -1.06. The van der Waals surface area contributed by atoms with Crippen LogP contribution in [0.15, 0.2) is 67.0 Å². The topological polar surface area (TPSA) is 131 Å². The summed E-state index contributed by atoms with van der Waals surface area (Å²) in [6.45, 7) is -0.218. The smallest absolute Gasteiger partial charge is 0.338 e. The fourth-order valence-electron chi connectivity index (χ4n) is 3.87. The highest BCUT2D eigenvalue weighted by molar-refractivity contribution is 6.28. The third kappa shape index (κ3) is 4.70. The fourth-order valence-corrected chi connectivity index (χ4v) is 4.44. The van der Waals surface area contributed by atoms with Crippen molar-refractivity contribution in [2.24, 2.45) is 0 Å². The molecule has 1 aliphatic heterocycles. The Labute approximate surface area is 214 Å². The highest BCUT2D eigenvalue weighted by atomic mass is 35.5. The summed E-state index contributed by atoms with van der Waals surface area (Å²) in [4.78, 5) is 37.7. The molecule has 2 aromatic carbocycles. The number of rotatable bonds is 6. The highest BCUT2D eigenvalue weighted by Crippen LogP contribution is 2.38. The Balaban J connectivity index is 1.42. The Bertz CT molecular complexity index is 1400. The number of halogens is 2. The first-order chi connectivity index (χ1) is 17.4. The molecule has 1 saturated heterocycles. The Kier molecular flexibility index (Phi) is 6.73. The second-order valence-electron chi connectivity index (χ2n) is 7.91. The zero-order valence-corrected chi connectivity index (χ0v) is 20.0. The summed E-state index contributed by atoms with van der Waals surface area (Å²) < 4.78 is 18.9. The lowest BCUT2D eigenvalue weighted by atomic mass is 10.1. The zero-order chi connectivity index (χ0) is 25.2. The van der Waals surface area contributed by atoms with E-state index in [0.717, 1.165) is 0 Å². The molecule has 4 atom stereocenters. The van der Waals surface area contributed by atoms with Crippen LogP contribution in [0.1, 0.15) is 26.9 Å². The van der Waals surface area contributed by atoms with Gasteiger partial charge in [0.05, 0.1) is 17.5 Å². The number of benzene rings is 2. The van der Waals surface area contributed by atoms with Crippen molar-refractivity contribution in [2.45, 2.75) is 23.8 Å². The molecule has 184 valence electrons. The number of aromatic nitrogens is 4. The molecule has 0 spiro atoms. The van der Waals surface area contributed by atoms with Gasteiger partial charge in [0.2, 0.25) is 5.28 Å². The molecule has 2 unspecified atom stereocenters. The van der Waals surface area contributed by atoms with E-state index in [9.17, 15) is 9.59 Å². The predicted octanol–water partition coefficient (Wildman–Crippen LogP) is 3.65. The van der Waals surface area contributed by atoms with E-state index in [1.807, 2.05) is 0 Å². The van der Waals surface area contributed by atoms with E-state index in [-0.39, 0.29) is 17.7 Å². The lowest BCUT2D eigenvalue weighted by molar-refractivity contribution is -0.0563. The van der Waals surface area contributed by atoms with Gasteiger partial charge in [-0.15, -0.1) is 11.6 Å². The van der Waals surface area contributed by atoms with Crippen molar-refractivity contribution in [3.63, 3.8) is 0 Å². The van der Waals surface area contributed by atoms with E-state index in [1.54, 1.807) is 60.7 Å². The van der Waals surface area contributed by atoms with Crippen molar-refractivity contribution in [1.29, 1.82) is 0 Å². The minimum atomic E-state index is -0.972. The van der Waals surface area contributed by atoms with Gasteiger partial charge in [0, 0.05) is 0 Å². The quantitative estimate of drug-likeness (QED) is 0.226. The number of alkyl halides is 1. The Hall–Kier alpha value is -3.73. The molecule has 0 saturated carbocycles. The van der Waals surface area contributed by atoms with Gasteiger partial charge in [-0.25, -0.2) is 14.6 Å². The highest BCUT2D eigenvalue weighted by Gasteiger charge is 2.48. The van der Waals surface area contributed by atoms with E-state index >= 15 is 0 Å². The van der Waals surface area contributed by atoms with Gasteiger partial charge in [-0.05, 0) is 35.9 Å². The van der Waals surface area contributed by atoms with Crippen molar-refractivity contribution < 1.29 is 23.8 Å². The lowest BCUT2D eigenvalue weighted by Gasteiger charge is -2.20. The minimum Gasteiger partial charge on any atom is -0.459 e. The normalized spacial score (nSPS) is 21.4. The van der Waals surface area contributed by atoms with Crippen molar-refractivity contribution in [3.05, 3.63) is 83.4 Å². The van der Waals surface area contributed by atoms with Gasteiger partial charge in [0.15, 0.2) is 23.8 Å². The van der Waals surface area contributed by atoms with Crippen molar-refractivity contribution in [1.82, 2.24) is 19.5 Å². The van der Waals surface area contributed by atoms with Gasteiger partial charge in [-0.2, -0.15) is 9.97 Å². The number of esters is 2. The molecule has 1 aliphatic rings. The van der Waals surface area contributed by atoms with E-state index in [1.165, 1.54) is 10.9 Å². The van der Waals surface area contributed by atoms with Crippen LogP contribution < -0.4 is 5.73 Å². The molecule has 2 N–H and O–H groups in total. The molecular formula is C24H19Cl2N5O5. The minimum absolute atomic E-state index is 0.0775. The first-order valence-electron chi connectivity index (χ1n) is 10.9. The monoisotopic (exact) mass is 527 g/mol. The standard InChI is InChI=1S/C24H19Cl2N5O5/c25-16-18(36-23(33)14-9-5-2-6-10-14)15(11-34-22(32)13-7-3-1-4-8-13)35-21(16)31-12-28-17-19(27)29-24(26)30-20(17)31/h1-10,12,15-16,18,21H,11H2,(H2,27,29,30)/t15-,16?,18?,21-/m1/s1. The molecule has 10 nitrogen and oxygen atoms in total. The van der Waals surface area contributed by atoms with Gasteiger partial charge >= 0.3 is 11.9 Å². The average molecular weight is 528 g/mol. The van der Waals surface area contributed by atoms with Crippen molar-refractivity contribution in [2.75, 3.05) is 12.3 Å². The number of nitrogens with two attached hydrogens (primary N) is 1. The number of imidazole rings is 1. The maximum atomic E-state index is 12.8. The molecule has 4 aromatic rings. The number of hydrogen-bond donors (Lipinski definition) is 1. The average Bonchev–Trinajstić information content (AvgIpc) is 3.44. The molecule has 12 heteroatoms. The van der Waals surface area contributed by atoms with Crippen LogP contribution in [0.4, 0.5) is 5.82 Å². The van der Waals surface area contributed by atoms with Gasteiger partial charge in [-0.3, -0.25) is 4.57 Å². The third-order valence-electron chi connectivity index (χ3n) is 5.60. The van der Waals surface area contributed by atoms with E-state index in [0.29, 0.717) is 22.3 Å². The maximum absolute atomic E-state index is 12.8. The first kappa shape index (κ1) is 24.0. The summed E-state index contributed by atoms with van der Waals surface area (Å²) in [5.41, 5.74) is 7.22. The molecule has 5 rings (SSSR count). The van der Waals surface area contributed by atoms with Crippen LogP contribution in [0.25, 0.3) is 11.2 Å². The molecule has 0 aliphatic carbocycles. The van der Waals surface area contributed by atoms with Crippen LogP contribution in [-0.4, -0.2) is 55.6 Å². The number of hydrogen-bond acceptors (Lipinski definition) is 9. The lowest BCUT2D eigenvalue weighted by Crippen LogP contribution is -2.36. The molecular weight excluding hydrogens is 509 g/mol. The second kappa shape index (κ2) is 10.1. The molecule has 0 amide bonds. The molecule has 0 radical (unpaired) electrons. The first-order valence-corrected chi connectivity index (χ1v) is 11.7. The van der Waals surface area contributed by atoms with Crippen LogP contribution in [0.2, 0.25) is 5.28 Å². The Morgan fingerprint density at radius 1 is 1.00 bits per heavy atom. The summed E-state index contributed by atoms with van der Waals surface area (Å²) in [7, 11) is 0. The number of ether oxygens (including phenoxy) is 3. The number of nitrogen functional groups attached to an aromatic ring is 1. The van der Waals surface area contributed by atoms with Crippen LogP contribution >= 0.6 is 23.2 Å². The second-order valence-corrected chi connectivity index (χ2v) is 8.75. The number of carbonyl (C=O) groups is 2. The Morgan fingerprint density at radius 2 is 1.64 bits per heavy atom. The number of fused-ring (bicyclic) bond motifs is 1. The largest absolute Gasteiger partial charge is 0.459 e. The van der Waals surface area contributed by atoms with Crippen LogP contribution in [0.5, 0.6) is 0 Å². The van der Waals surface area contributed by atoms with Gasteiger partial charge < -0.3 is 19.9 Å². The SMILES string of the molecule is Nc1nc(Cl)nc2c1ncn2[C@@H]1O[C@H](COC(=O)c2ccccc2)C(OC(=O)c2ccccc2)C1Cl. The molecule has 36 heavy (non-hydrogen) atoms. The van der Waals surface area contributed by atoms with Crippen LogP contribution in [0, 0.1) is 0 Å². The fraction of sp³-hybridized carbons (Fsp3) is 0.208. The van der Waals surface area contributed by atoms with Crippen molar-refractivity contribution >= 4 is 52.1 Å². The predicted molar refractivity (Wildman–Crippen MR) is 131 cm³/mol. The third-order valence-corrected chi connectivity index (χ3v) is 6.24.